The van der Waals surface area contributed by atoms with Crippen molar-refractivity contribution in [3.63, 3.8) is 0 Å². The second-order valence-corrected chi connectivity index (χ2v) is 4.46. The van der Waals surface area contributed by atoms with Crippen molar-refractivity contribution in [2.24, 2.45) is 0 Å². The summed E-state index contributed by atoms with van der Waals surface area (Å²) in [6.45, 7) is 0.333. The average molecular weight is 260 g/mol. The van der Waals surface area contributed by atoms with Gasteiger partial charge in [0.2, 0.25) is 17.7 Å². The number of hydrogen-bond acceptors (Lipinski definition) is 3. The van der Waals surface area contributed by atoms with Crippen molar-refractivity contribution in [3.8, 4) is 0 Å². The van der Waals surface area contributed by atoms with Crippen LogP contribution in [0.3, 0.4) is 0 Å². The number of nitrogens with one attached hydrogen (secondary N) is 1. The fourth-order valence-corrected chi connectivity index (χ4v) is 2.01. The zero-order valence-electron chi connectivity index (χ0n) is 10.6. The summed E-state index contributed by atoms with van der Waals surface area (Å²) in [5.41, 5.74) is 0.751. The Balaban J connectivity index is 1.72. The first-order valence-electron chi connectivity index (χ1n) is 6.35. The Morgan fingerprint density at radius 3 is 2.37 bits per heavy atom. The summed E-state index contributed by atoms with van der Waals surface area (Å²) in [6.07, 6.45) is 1.40. The molecule has 1 N–H and O–H groups in total. The van der Waals surface area contributed by atoms with Crippen LogP contribution in [0.15, 0.2) is 30.3 Å². The topological polar surface area (TPSA) is 66.5 Å². The van der Waals surface area contributed by atoms with Crippen LogP contribution >= 0.6 is 0 Å². The highest BCUT2D eigenvalue weighted by Crippen LogP contribution is 2.13. The number of anilines is 1. The molecule has 5 nitrogen and oxygen atoms in total. The van der Waals surface area contributed by atoms with Gasteiger partial charge in [-0.1, -0.05) is 18.2 Å². The third kappa shape index (κ3) is 3.64. The van der Waals surface area contributed by atoms with Gasteiger partial charge in [0, 0.05) is 31.5 Å². The standard InChI is InChI=1S/C14H16N2O3/c17-12(15-11-5-2-1-3-6-11)7-4-10-16-13(18)8-9-14(16)19/h1-3,5-6H,4,7-10H2,(H,15,17). The third-order valence-corrected chi connectivity index (χ3v) is 3.00. The van der Waals surface area contributed by atoms with Crippen LogP contribution in [-0.2, 0) is 14.4 Å². The maximum atomic E-state index is 11.6. The molecule has 0 atom stereocenters. The number of carbonyl (C=O) groups is 3. The van der Waals surface area contributed by atoms with Gasteiger partial charge in [-0.3, -0.25) is 19.3 Å². The van der Waals surface area contributed by atoms with Gasteiger partial charge in [-0.2, -0.15) is 0 Å². The SMILES string of the molecule is O=C(CCCN1C(=O)CCC1=O)Nc1ccccc1. The largest absolute Gasteiger partial charge is 0.326 e. The molecule has 0 bridgehead atoms. The second-order valence-electron chi connectivity index (χ2n) is 4.46. The van der Waals surface area contributed by atoms with E-state index in [1.54, 1.807) is 0 Å². The number of nitrogens with zero attached hydrogens (tertiary/aromatic N) is 1. The summed E-state index contributed by atoms with van der Waals surface area (Å²) in [7, 11) is 0. The van der Waals surface area contributed by atoms with Crippen LogP contribution in [0.4, 0.5) is 5.69 Å². The van der Waals surface area contributed by atoms with Gasteiger partial charge in [-0.05, 0) is 18.6 Å². The Hall–Kier alpha value is -2.17. The molecule has 1 heterocycles. The smallest absolute Gasteiger partial charge is 0.229 e. The third-order valence-electron chi connectivity index (χ3n) is 3.00. The van der Waals surface area contributed by atoms with Crippen LogP contribution in [0.25, 0.3) is 0 Å². The van der Waals surface area contributed by atoms with Crippen molar-refractivity contribution in [2.75, 3.05) is 11.9 Å². The van der Waals surface area contributed by atoms with Gasteiger partial charge in [-0.25, -0.2) is 0 Å². The number of amides is 3. The molecule has 1 aromatic carbocycles. The Morgan fingerprint density at radius 2 is 1.74 bits per heavy atom. The highest BCUT2D eigenvalue weighted by Gasteiger charge is 2.28. The molecule has 3 amide bonds. The molecule has 1 saturated heterocycles. The van der Waals surface area contributed by atoms with Crippen LogP contribution in [0.1, 0.15) is 25.7 Å². The minimum atomic E-state index is -0.131. The molecule has 0 spiro atoms. The van der Waals surface area contributed by atoms with Crippen molar-refractivity contribution in [1.29, 1.82) is 0 Å². The van der Waals surface area contributed by atoms with Gasteiger partial charge in [0.25, 0.3) is 0 Å². The van der Waals surface area contributed by atoms with Crippen LogP contribution in [-0.4, -0.2) is 29.2 Å². The molecule has 19 heavy (non-hydrogen) atoms. The first-order chi connectivity index (χ1) is 9.16. The summed E-state index contributed by atoms with van der Waals surface area (Å²) < 4.78 is 0. The van der Waals surface area contributed by atoms with E-state index in [0.717, 1.165) is 5.69 Å². The fraction of sp³-hybridized carbons (Fsp3) is 0.357. The quantitative estimate of drug-likeness (QED) is 0.817. The number of imide groups is 1. The molecule has 0 unspecified atom stereocenters. The van der Waals surface area contributed by atoms with Gasteiger partial charge >= 0.3 is 0 Å². The highest BCUT2D eigenvalue weighted by molar-refractivity contribution is 6.01. The molecule has 2 rings (SSSR count). The van der Waals surface area contributed by atoms with E-state index >= 15 is 0 Å². The number of hydrogen-bond donors (Lipinski definition) is 1. The lowest BCUT2D eigenvalue weighted by molar-refractivity contribution is -0.138. The maximum Gasteiger partial charge on any atom is 0.229 e. The predicted molar refractivity (Wildman–Crippen MR) is 70.3 cm³/mol. The van der Waals surface area contributed by atoms with Gasteiger partial charge in [0.15, 0.2) is 0 Å². The van der Waals surface area contributed by atoms with E-state index in [-0.39, 0.29) is 17.7 Å². The van der Waals surface area contributed by atoms with E-state index in [1.165, 1.54) is 4.90 Å². The average Bonchev–Trinajstić information content (AvgIpc) is 2.71. The van der Waals surface area contributed by atoms with E-state index in [0.29, 0.717) is 32.2 Å². The van der Waals surface area contributed by atoms with Gasteiger partial charge in [0.05, 0.1) is 0 Å². The molecule has 0 saturated carbocycles. The lowest BCUT2D eigenvalue weighted by atomic mass is 10.2. The zero-order chi connectivity index (χ0) is 13.7. The zero-order valence-corrected chi connectivity index (χ0v) is 10.6. The molecule has 1 fully saturated rings. The Morgan fingerprint density at radius 1 is 1.11 bits per heavy atom. The summed E-state index contributed by atoms with van der Waals surface area (Å²) in [5.74, 6) is -0.368. The number of carbonyl (C=O) groups excluding carboxylic acids is 3. The number of para-hydroxylation sites is 1. The summed E-state index contributed by atoms with van der Waals surface area (Å²) in [4.78, 5) is 35.6. The molecule has 1 aliphatic rings. The van der Waals surface area contributed by atoms with Crippen molar-refractivity contribution in [3.05, 3.63) is 30.3 Å². The van der Waals surface area contributed by atoms with Crippen molar-refractivity contribution >= 4 is 23.4 Å². The van der Waals surface area contributed by atoms with Crippen LogP contribution in [0.5, 0.6) is 0 Å². The maximum absolute atomic E-state index is 11.6. The van der Waals surface area contributed by atoms with E-state index in [1.807, 2.05) is 30.3 Å². The second kappa shape index (κ2) is 6.13. The molecule has 0 aromatic heterocycles. The lowest BCUT2D eigenvalue weighted by Gasteiger charge is -2.13. The monoisotopic (exact) mass is 260 g/mol. The minimum absolute atomic E-state index is 0.106. The molecular formula is C14H16N2O3. The molecule has 1 aliphatic heterocycles. The number of rotatable bonds is 5. The molecule has 1 aromatic rings. The van der Waals surface area contributed by atoms with E-state index in [2.05, 4.69) is 5.32 Å². The Kier molecular flexibility index (Phi) is 4.28. The van der Waals surface area contributed by atoms with E-state index < -0.39 is 0 Å². The summed E-state index contributed by atoms with van der Waals surface area (Å²) >= 11 is 0. The molecule has 0 aliphatic carbocycles. The van der Waals surface area contributed by atoms with Crippen molar-refractivity contribution < 1.29 is 14.4 Å². The molecule has 0 radical (unpaired) electrons. The van der Waals surface area contributed by atoms with Gasteiger partial charge in [-0.15, -0.1) is 0 Å². The van der Waals surface area contributed by atoms with E-state index in [4.69, 9.17) is 0 Å². The fourth-order valence-electron chi connectivity index (χ4n) is 2.01. The minimum Gasteiger partial charge on any atom is -0.326 e. The summed E-state index contributed by atoms with van der Waals surface area (Å²) in [5, 5.41) is 2.76. The molecule has 5 heteroatoms. The first kappa shape index (κ1) is 13.3. The Labute approximate surface area is 111 Å². The van der Waals surface area contributed by atoms with Crippen molar-refractivity contribution in [2.45, 2.75) is 25.7 Å². The van der Waals surface area contributed by atoms with Crippen molar-refractivity contribution in [1.82, 2.24) is 4.90 Å². The lowest BCUT2D eigenvalue weighted by Crippen LogP contribution is -2.30. The summed E-state index contributed by atoms with van der Waals surface area (Å²) in [6, 6.07) is 9.19. The number of likely N-dealkylation sites (tertiary alicyclic amines) is 1. The Bertz CT molecular complexity index is 469. The molecular weight excluding hydrogens is 244 g/mol. The molecule has 100 valence electrons. The van der Waals surface area contributed by atoms with E-state index in [9.17, 15) is 14.4 Å². The van der Waals surface area contributed by atoms with Crippen LogP contribution in [0, 0.1) is 0 Å². The number of benzene rings is 1. The van der Waals surface area contributed by atoms with Crippen LogP contribution < -0.4 is 5.32 Å². The predicted octanol–water partition coefficient (Wildman–Crippen LogP) is 1.55. The first-order valence-corrected chi connectivity index (χ1v) is 6.35. The normalized spacial score (nSPS) is 14.8. The highest BCUT2D eigenvalue weighted by atomic mass is 16.2. The van der Waals surface area contributed by atoms with Crippen LogP contribution in [0.2, 0.25) is 0 Å². The van der Waals surface area contributed by atoms with Gasteiger partial charge < -0.3 is 5.32 Å². The van der Waals surface area contributed by atoms with Gasteiger partial charge in [0.1, 0.15) is 0 Å².